The van der Waals surface area contributed by atoms with Gasteiger partial charge in [-0.2, -0.15) is 5.10 Å². The van der Waals surface area contributed by atoms with Crippen LogP contribution in [0, 0.1) is 0 Å². The molecule has 2 rings (SSSR count). The molecule has 0 unspecified atom stereocenters. The summed E-state index contributed by atoms with van der Waals surface area (Å²) in [5.41, 5.74) is 8.79. The first kappa shape index (κ1) is 12.5. The standard InChI is InChI=1S/C10H9Cl2N3OS/c11-5-3-6-8(14-15-10(13)16)1-2-17-9(6)7(12)4-5/h3-4H,1-2H2,(H3,13,15,16). The number of carbonyl (C=O) groups excluding carboxylic acids is 1. The van der Waals surface area contributed by atoms with Gasteiger partial charge >= 0.3 is 6.03 Å². The van der Waals surface area contributed by atoms with E-state index in [0.29, 0.717) is 10.0 Å². The molecule has 17 heavy (non-hydrogen) atoms. The summed E-state index contributed by atoms with van der Waals surface area (Å²) in [5, 5.41) is 5.11. The van der Waals surface area contributed by atoms with Crippen LogP contribution >= 0.6 is 35.0 Å². The fraction of sp³-hybridized carbons (Fsp3) is 0.200. The summed E-state index contributed by atoms with van der Waals surface area (Å²) in [5.74, 6) is 0.855. The Balaban J connectivity index is 2.43. The number of thioether (sulfide) groups is 1. The summed E-state index contributed by atoms with van der Waals surface area (Å²) in [6, 6.07) is 2.79. The van der Waals surface area contributed by atoms with E-state index in [0.717, 1.165) is 28.3 Å². The molecule has 1 aromatic rings. The quantitative estimate of drug-likeness (QED) is 0.781. The first-order valence-electron chi connectivity index (χ1n) is 4.82. The van der Waals surface area contributed by atoms with E-state index in [1.54, 1.807) is 23.9 Å². The lowest BCUT2D eigenvalue weighted by Crippen LogP contribution is -2.26. The number of hydrazone groups is 1. The number of nitrogens with two attached hydrogens (primary N) is 1. The molecule has 0 spiro atoms. The van der Waals surface area contributed by atoms with Crippen LogP contribution in [0.15, 0.2) is 22.1 Å². The van der Waals surface area contributed by atoms with Crippen molar-refractivity contribution in [1.29, 1.82) is 0 Å². The van der Waals surface area contributed by atoms with Crippen molar-refractivity contribution in [3.05, 3.63) is 27.7 Å². The maximum absolute atomic E-state index is 10.6. The van der Waals surface area contributed by atoms with Gasteiger partial charge in [-0.3, -0.25) is 0 Å². The van der Waals surface area contributed by atoms with Crippen LogP contribution in [0.25, 0.3) is 0 Å². The third kappa shape index (κ3) is 2.86. The molecule has 0 saturated heterocycles. The molecule has 0 radical (unpaired) electrons. The molecular weight excluding hydrogens is 281 g/mol. The number of amides is 2. The summed E-state index contributed by atoms with van der Waals surface area (Å²) < 4.78 is 0. The monoisotopic (exact) mass is 289 g/mol. The SMILES string of the molecule is NC(=O)NN=C1CCSc2c(Cl)cc(Cl)cc21. The van der Waals surface area contributed by atoms with Gasteiger partial charge in [-0.05, 0) is 12.1 Å². The highest BCUT2D eigenvalue weighted by Crippen LogP contribution is 2.38. The Labute approximate surface area is 113 Å². The third-order valence-electron chi connectivity index (χ3n) is 2.21. The Morgan fingerprint density at radius 1 is 1.47 bits per heavy atom. The van der Waals surface area contributed by atoms with Gasteiger partial charge in [-0.1, -0.05) is 23.2 Å². The van der Waals surface area contributed by atoms with Gasteiger partial charge in [0, 0.05) is 27.7 Å². The molecule has 1 aliphatic heterocycles. The molecule has 0 aliphatic carbocycles. The number of hydrogen-bond donors (Lipinski definition) is 2. The minimum Gasteiger partial charge on any atom is -0.350 e. The lowest BCUT2D eigenvalue weighted by atomic mass is 10.1. The predicted octanol–water partition coefficient (Wildman–Crippen LogP) is 2.86. The first-order chi connectivity index (χ1) is 8.08. The molecule has 1 aliphatic rings. The summed E-state index contributed by atoms with van der Waals surface area (Å²) in [7, 11) is 0. The topological polar surface area (TPSA) is 67.5 Å². The smallest absolute Gasteiger partial charge is 0.332 e. The van der Waals surface area contributed by atoms with Crippen molar-refractivity contribution in [1.82, 2.24) is 5.43 Å². The van der Waals surface area contributed by atoms with Gasteiger partial charge in [0.05, 0.1) is 10.7 Å². The second kappa shape index (κ2) is 5.16. The Morgan fingerprint density at radius 2 is 2.24 bits per heavy atom. The average molecular weight is 290 g/mol. The van der Waals surface area contributed by atoms with Crippen LogP contribution in [0.1, 0.15) is 12.0 Å². The second-order valence-electron chi connectivity index (χ2n) is 3.40. The van der Waals surface area contributed by atoms with E-state index in [4.69, 9.17) is 28.9 Å². The second-order valence-corrected chi connectivity index (χ2v) is 5.35. The number of fused-ring (bicyclic) bond motifs is 1. The average Bonchev–Trinajstić information content (AvgIpc) is 2.26. The number of carbonyl (C=O) groups is 1. The van der Waals surface area contributed by atoms with E-state index < -0.39 is 6.03 Å². The number of benzene rings is 1. The fourth-order valence-corrected chi connectivity index (χ4v) is 3.23. The zero-order valence-corrected chi connectivity index (χ0v) is 11.0. The molecular formula is C10H9Cl2N3OS. The van der Waals surface area contributed by atoms with Crippen molar-refractivity contribution >= 4 is 46.7 Å². The zero-order chi connectivity index (χ0) is 12.4. The van der Waals surface area contributed by atoms with Crippen LogP contribution in [0.3, 0.4) is 0 Å². The zero-order valence-electron chi connectivity index (χ0n) is 8.67. The van der Waals surface area contributed by atoms with Gasteiger partial charge < -0.3 is 5.73 Å². The maximum atomic E-state index is 10.6. The van der Waals surface area contributed by atoms with Crippen LogP contribution in [0.5, 0.6) is 0 Å². The Bertz CT molecular complexity index is 505. The van der Waals surface area contributed by atoms with Crippen LogP contribution in [-0.2, 0) is 0 Å². The van der Waals surface area contributed by atoms with Crippen LogP contribution < -0.4 is 11.2 Å². The minimum atomic E-state index is -0.689. The molecule has 0 atom stereocenters. The molecule has 90 valence electrons. The van der Waals surface area contributed by atoms with Crippen molar-refractivity contribution < 1.29 is 4.79 Å². The van der Waals surface area contributed by atoms with Gasteiger partial charge in [0.2, 0.25) is 0 Å². The van der Waals surface area contributed by atoms with Crippen molar-refractivity contribution in [2.24, 2.45) is 10.8 Å². The van der Waals surface area contributed by atoms with Crippen LogP contribution in [0.2, 0.25) is 10.0 Å². The summed E-state index contributed by atoms with van der Waals surface area (Å²) in [6.07, 6.45) is 0.731. The van der Waals surface area contributed by atoms with Crippen LogP contribution in [-0.4, -0.2) is 17.5 Å². The summed E-state index contributed by atoms with van der Waals surface area (Å²) in [6.45, 7) is 0. The molecule has 1 heterocycles. The van der Waals surface area contributed by atoms with Crippen molar-refractivity contribution in [2.45, 2.75) is 11.3 Å². The first-order valence-corrected chi connectivity index (χ1v) is 6.56. The molecule has 0 bridgehead atoms. The molecule has 7 heteroatoms. The van der Waals surface area contributed by atoms with E-state index in [1.807, 2.05) is 0 Å². The Morgan fingerprint density at radius 3 is 2.94 bits per heavy atom. The van der Waals surface area contributed by atoms with Crippen molar-refractivity contribution in [2.75, 3.05) is 5.75 Å². The third-order valence-corrected chi connectivity index (χ3v) is 3.97. The lowest BCUT2D eigenvalue weighted by molar-refractivity contribution is 0.249. The number of hydrogen-bond acceptors (Lipinski definition) is 3. The number of primary amides is 1. The molecule has 2 amide bonds. The molecule has 0 aromatic heterocycles. The number of halogens is 2. The van der Waals surface area contributed by atoms with E-state index in [2.05, 4.69) is 10.5 Å². The van der Waals surface area contributed by atoms with E-state index in [1.165, 1.54) is 0 Å². The van der Waals surface area contributed by atoms with E-state index in [-0.39, 0.29) is 0 Å². The normalized spacial score (nSPS) is 16.7. The van der Waals surface area contributed by atoms with Gasteiger partial charge in [-0.25, -0.2) is 10.2 Å². The largest absolute Gasteiger partial charge is 0.350 e. The van der Waals surface area contributed by atoms with Gasteiger partial charge in [0.25, 0.3) is 0 Å². The number of rotatable bonds is 1. The summed E-state index contributed by atoms with van der Waals surface area (Å²) >= 11 is 13.7. The van der Waals surface area contributed by atoms with E-state index >= 15 is 0 Å². The van der Waals surface area contributed by atoms with Gasteiger partial charge in [0.1, 0.15) is 0 Å². The maximum Gasteiger partial charge on any atom is 0.332 e. The molecule has 4 nitrogen and oxygen atoms in total. The molecule has 3 N–H and O–H groups in total. The molecule has 0 saturated carbocycles. The van der Waals surface area contributed by atoms with Gasteiger partial charge in [-0.15, -0.1) is 11.8 Å². The van der Waals surface area contributed by atoms with E-state index in [9.17, 15) is 4.79 Å². The highest BCUT2D eigenvalue weighted by atomic mass is 35.5. The summed E-state index contributed by atoms with van der Waals surface area (Å²) in [4.78, 5) is 11.6. The molecule has 1 aromatic carbocycles. The highest BCUT2D eigenvalue weighted by Gasteiger charge is 2.19. The number of urea groups is 1. The predicted molar refractivity (Wildman–Crippen MR) is 71.1 cm³/mol. The van der Waals surface area contributed by atoms with Crippen molar-refractivity contribution in [3.63, 3.8) is 0 Å². The van der Waals surface area contributed by atoms with Crippen molar-refractivity contribution in [3.8, 4) is 0 Å². The van der Waals surface area contributed by atoms with Crippen LogP contribution in [0.4, 0.5) is 4.79 Å². The number of nitrogens with one attached hydrogen (secondary N) is 1. The fourth-order valence-electron chi connectivity index (χ4n) is 1.54. The Kier molecular flexibility index (Phi) is 3.81. The minimum absolute atomic E-state index is 0.544. The lowest BCUT2D eigenvalue weighted by Gasteiger charge is -2.18. The number of nitrogens with zero attached hydrogens (tertiary/aromatic N) is 1. The highest BCUT2D eigenvalue weighted by molar-refractivity contribution is 7.99. The molecule has 0 fully saturated rings. The van der Waals surface area contributed by atoms with Gasteiger partial charge in [0.15, 0.2) is 0 Å². The Hall–Kier alpha value is -0.910.